The normalized spacial score (nSPS) is 12.8. The molecule has 3 heteroatoms. The Kier molecular flexibility index (Phi) is 3.83. The van der Waals surface area contributed by atoms with Gasteiger partial charge in [-0.25, -0.2) is 0 Å². The summed E-state index contributed by atoms with van der Waals surface area (Å²) < 4.78 is 10.4. The lowest BCUT2D eigenvalue weighted by Gasteiger charge is -2.15. The molecule has 1 unspecified atom stereocenters. The second kappa shape index (κ2) is 5.56. The first-order valence-electron chi connectivity index (χ1n) is 5.68. The van der Waals surface area contributed by atoms with E-state index in [1.54, 1.807) is 18.8 Å². The zero-order valence-corrected chi connectivity index (χ0v) is 9.48. The minimum atomic E-state index is 0.342. The maximum Gasteiger partial charge on any atom is 0.103 e. The highest BCUT2D eigenvalue weighted by atomic mass is 16.3. The van der Waals surface area contributed by atoms with Gasteiger partial charge in [-0.15, -0.1) is 0 Å². The molecular formula is C13H17NO2. The Hall–Kier alpha value is -1.48. The van der Waals surface area contributed by atoms with E-state index >= 15 is 0 Å². The zero-order valence-electron chi connectivity index (χ0n) is 9.48. The number of furan rings is 2. The molecule has 2 heterocycles. The highest BCUT2D eigenvalue weighted by Gasteiger charge is 2.11. The van der Waals surface area contributed by atoms with Crippen molar-refractivity contribution in [3.8, 4) is 0 Å². The Labute approximate surface area is 95.5 Å². The largest absolute Gasteiger partial charge is 0.472 e. The molecule has 2 rings (SSSR count). The van der Waals surface area contributed by atoms with Crippen LogP contribution >= 0.6 is 0 Å². The predicted octanol–water partition coefficient (Wildman–Crippen LogP) is 3.16. The lowest BCUT2D eigenvalue weighted by Crippen LogP contribution is -2.20. The Morgan fingerprint density at radius 3 is 2.88 bits per heavy atom. The number of hydrogen-bond donors (Lipinski definition) is 1. The Balaban J connectivity index is 1.93. The first-order valence-corrected chi connectivity index (χ1v) is 5.68. The van der Waals surface area contributed by atoms with Crippen molar-refractivity contribution in [1.82, 2.24) is 5.32 Å². The molecule has 16 heavy (non-hydrogen) atoms. The van der Waals surface area contributed by atoms with Gasteiger partial charge in [-0.05, 0) is 31.2 Å². The fraction of sp³-hybridized carbons (Fsp3) is 0.385. The van der Waals surface area contributed by atoms with Gasteiger partial charge in [0.25, 0.3) is 0 Å². The van der Waals surface area contributed by atoms with E-state index < -0.39 is 0 Å². The monoisotopic (exact) mass is 219 g/mol. The van der Waals surface area contributed by atoms with E-state index in [2.05, 4.69) is 12.2 Å². The molecule has 2 aromatic rings. The summed E-state index contributed by atoms with van der Waals surface area (Å²) in [6.07, 6.45) is 7.19. The van der Waals surface area contributed by atoms with Crippen molar-refractivity contribution in [2.75, 3.05) is 6.54 Å². The first-order chi connectivity index (χ1) is 7.90. The standard InChI is InChI=1S/C13H17NO2/c1-2-14-13(11-7-9-15-10-11)6-5-12-4-3-8-16-12/h3-4,7-10,13-14H,2,5-6H2,1H3. The van der Waals surface area contributed by atoms with Crippen LogP contribution in [-0.4, -0.2) is 6.54 Å². The molecule has 0 fully saturated rings. The van der Waals surface area contributed by atoms with Crippen LogP contribution in [0, 0.1) is 0 Å². The van der Waals surface area contributed by atoms with Gasteiger partial charge in [0.2, 0.25) is 0 Å². The fourth-order valence-electron chi connectivity index (χ4n) is 1.85. The highest BCUT2D eigenvalue weighted by Crippen LogP contribution is 2.19. The summed E-state index contributed by atoms with van der Waals surface area (Å²) in [7, 11) is 0. The quantitative estimate of drug-likeness (QED) is 0.811. The zero-order chi connectivity index (χ0) is 11.2. The van der Waals surface area contributed by atoms with Crippen LogP contribution in [0.5, 0.6) is 0 Å². The Morgan fingerprint density at radius 1 is 1.31 bits per heavy atom. The van der Waals surface area contributed by atoms with Gasteiger partial charge >= 0.3 is 0 Å². The van der Waals surface area contributed by atoms with Gasteiger partial charge in [-0.1, -0.05) is 6.92 Å². The van der Waals surface area contributed by atoms with Gasteiger partial charge in [-0.3, -0.25) is 0 Å². The van der Waals surface area contributed by atoms with Crippen LogP contribution in [0.2, 0.25) is 0 Å². The van der Waals surface area contributed by atoms with Crippen LogP contribution in [0.1, 0.15) is 30.7 Å². The van der Waals surface area contributed by atoms with Crippen molar-refractivity contribution in [3.63, 3.8) is 0 Å². The second-order valence-corrected chi connectivity index (χ2v) is 3.78. The molecule has 0 aliphatic carbocycles. The van der Waals surface area contributed by atoms with Crippen molar-refractivity contribution >= 4 is 0 Å². The van der Waals surface area contributed by atoms with E-state index in [0.717, 1.165) is 25.1 Å². The predicted molar refractivity (Wildman–Crippen MR) is 62.2 cm³/mol. The van der Waals surface area contributed by atoms with E-state index in [1.807, 2.05) is 18.2 Å². The third-order valence-corrected chi connectivity index (χ3v) is 2.66. The summed E-state index contributed by atoms with van der Waals surface area (Å²) in [5.41, 5.74) is 1.20. The summed E-state index contributed by atoms with van der Waals surface area (Å²) in [5.74, 6) is 1.03. The minimum absolute atomic E-state index is 0.342. The van der Waals surface area contributed by atoms with Crippen molar-refractivity contribution in [2.45, 2.75) is 25.8 Å². The van der Waals surface area contributed by atoms with E-state index in [4.69, 9.17) is 8.83 Å². The van der Waals surface area contributed by atoms with Gasteiger partial charge in [0.15, 0.2) is 0 Å². The second-order valence-electron chi connectivity index (χ2n) is 3.78. The van der Waals surface area contributed by atoms with Gasteiger partial charge in [0.1, 0.15) is 5.76 Å². The minimum Gasteiger partial charge on any atom is -0.472 e. The SMILES string of the molecule is CCNC(CCc1ccco1)c1ccoc1. The van der Waals surface area contributed by atoms with Crippen molar-refractivity contribution in [3.05, 3.63) is 48.3 Å². The molecule has 0 saturated carbocycles. The van der Waals surface area contributed by atoms with Crippen LogP contribution < -0.4 is 5.32 Å². The van der Waals surface area contributed by atoms with E-state index in [-0.39, 0.29) is 0 Å². The third kappa shape index (κ3) is 2.76. The van der Waals surface area contributed by atoms with Crippen molar-refractivity contribution in [1.29, 1.82) is 0 Å². The highest BCUT2D eigenvalue weighted by molar-refractivity contribution is 5.12. The maximum atomic E-state index is 5.33. The molecule has 86 valence electrons. The van der Waals surface area contributed by atoms with Gasteiger partial charge in [-0.2, -0.15) is 0 Å². The maximum absolute atomic E-state index is 5.33. The van der Waals surface area contributed by atoms with E-state index in [0.29, 0.717) is 6.04 Å². The topological polar surface area (TPSA) is 38.3 Å². The molecule has 0 saturated heterocycles. The lowest BCUT2D eigenvalue weighted by molar-refractivity contribution is 0.455. The van der Waals surface area contributed by atoms with Gasteiger partial charge < -0.3 is 14.2 Å². The smallest absolute Gasteiger partial charge is 0.103 e. The molecule has 0 aliphatic heterocycles. The number of hydrogen-bond acceptors (Lipinski definition) is 3. The van der Waals surface area contributed by atoms with E-state index in [1.165, 1.54) is 5.56 Å². The molecule has 0 spiro atoms. The molecule has 0 aromatic carbocycles. The van der Waals surface area contributed by atoms with Gasteiger partial charge in [0.05, 0.1) is 18.8 Å². The number of rotatable bonds is 6. The van der Waals surface area contributed by atoms with Crippen molar-refractivity contribution in [2.24, 2.45) is 0 Å². The molecule has 0 bridgehead atoms. The molecule has 3 nitrogen and oxygen atoms in total. The average molecular weight is 219 g/mol. The summed E-state index contributed by atoms with van der Waals surface area (Å²) in [5, 5.41) is 3.45. The van der Waals surface area contributed by atoms with Crippen LogP contribution in [0.4, 0.5) is 0 Å². The summed E-state index contributed by atoms with van der Waals surface area (Å²) >= 11 is 0. The number of nitrogens with one attached hydrogen (secondary N) is 1. The van der Waals surface area contributed by atoms with Crippen LogP contribution in [0.3, 0.4) is 0 Å². The van der Waals surface area contributed by atoms with Crippen LogP contribution in [-0.2, 0) is 6.42 Å². The molecule has 2 aromatic heterocycles. The molecule has 0 radical (unpaired) electrons. The Morgan fingerprint density at radius 2 is 2.25 bits per heavy atom. The molecule has 0 amide bonds. The van der Waals surface area contributed by atoms with Crippen LogP contribution in [0.25, 0.3) is 0 Å². The third-order valence-electron chi connectivity index (χ3n) is 2.66. The first kappa shape index (κ1) is 11.0. The van der Waals surface area contributed by atoms with Gasteiger partial charge in [0, 0.05) is 18.0 Å². The van der Waals surface area contributed by atoms with E-state index in [9.17, 15) is 0 Å². The summed E-state index contributed by atoms with van der Waals surface area (Å²) in [6, 6.07) is 6.29. The summed E-state index contributed by atoms with van der Waals surface area (Å²) in [6.45, 7) is 3.06. The average Bonchev–Trinajstić information content (AvgIpc) is 2.96. The molecule has 0 aliphatic rings. The lowest BCUT2D eigenvalue weighted by atomic mass is 10.0. The van der Waals surface area contributed by atoms with Crippen molar-refractivity contribution < 1.29 is 8.83 Å². The molecule has 1 N–H and O–H groups in total. The molecule has 1 atom stereocenters. The number of aryl methyl sites for hydroxylation is 1. The van der Waals surface area contributed by atoms with Crippen LogP contribution in [0.15, 0.2) is 45.8 Å². The molecular weight excluding hydrogens is 202 g/mol. The fourth-order valence-corrected chi connectivity index (χ4v) is 1.85. The summed E-state index contributed by atoms with van der Waals surface area (Å²) in [4.78, 5) is 0. The Bertz CT molecular complexity index is 378.